The summed E-state index contributed by atoms with van der Waals surface area (Å²) < 4.78 is 9.76. The molecule has 1 aliphatic rings. The summed E-state index contributed by atoms with van der Waals surface area (Å²) in [5.74, 6) is 1.66. The number of benzene rings is 10. The molecule has 1 aromatic heterocycles. The third-order valence-electron chi connectivity index (χ3n) is 12.1. The first-order valence-electron chi connectivity index (χ1n) is 20.7. The number of ether oxygens (including phenoxy) is 1. The molecule has 11 aromatic rings. The van der Waals surface area contributed by atoms with Crippen LogP contribution in [0.5, 0.6) is 11.5 Å². The molecule has 12 rings (SSSR count). The van der Waals surface area contributed by atoms with Gasteiger partial charge in [0.15, 0.2) is 0 Å². The minimum absolute atomic E-state index is 0.817. The second-order valence-electron chi connectivity index (χ2n) is 15.6. The van der Waals surface area contributed by atoms with Gasteiger partial charge < -0.3 is 9.64 Å². The number of hydrogen-bond donors (Lipinski definition) is 0. The highest BCUT2D eigenvalue weighted by molar-refractivity contribution is 7.26. The zero-order valence-corrected chi connectivity index (χ0v) is 33.9. The Hall–Kier alpha value is -7.72. The molecular weight excluding hydrogens is 759 g/mol. The predicted octanol–water partition coefficient (Wildman–Crippen LogP) is 17.1. The molecule has 0 spiro atoms. The molecule has 0 saturated heterocycles. The quantitative estimate of drug-likeness (QED) is 0.166. The fraction of sp³-hybridized carbons (Fsp3) is 0. The molecule has 0 aliphatic carbocycles. The lowest BCUT2D eigenvalue weighted by molar-refractivity contribution is 0.488. The van der Waals surface area contributed by atoms with Gasteiger partial charge in [0.25, 0.3) is 0 Å². The lowest BCUT2D eigenvalue weighted by atomic mass is 9.86. The van der Waals surface area contributed by atoms with E-state index >= 15 is 0 Å². The van der Waals surface area contributed by atoms with E-state index in [4.69, 9.17) is 4.74 Å². The molecular formula is C58H37NOS. The van der Waals surface area contributed by atoms with Gasteiger partial charge in [0.05, 0.1) is 5.69 Å². The van der Waals surface area contributed by atoms with E-state index in [1.54, 1.807) is 0 Å². The van der Waals surface area contributed by atoms with Crippen LogP contribution in [-0.2, 0) is 0 Å². The van der Waals surface area contributed by atoms with Crippen molar-refractivity contribution in [1.29, 1.82) is 0 Å². The Morgan fingerprint density at radius 1 is 0.344 bits per heavy atom. The van der Waals surface area contributed by atoms with Gasteiger partial charge in [0.1, 0.15) is 11.5 Å². The van der Waals surface area contributed by atoms with E-state index in [1.807, 2.05) is 11.3 Å². The maximum absolute atomic E-state index is 7.14. The number of thiophene rings is 1. The average molecular weight is 796 g/mol. The van der Waals surface area contributed by atoms with E-state index in [1.165, 1.54) is 53.4 Å². The van der Waals surface area contributed by atoms with Gasteiger partial charge in [-0.15, -0.1) is 11.3 Å². The number of anilines is 3. The van der Waals surface area contributed by atoms with Gasteiger partial charge in [-0.3, -0.25) is 0 Å². The fourth-order valence-corrected chi connectivity index (χ4v) is 10.5. The van der Waals surface area contributed by atoms with Crippen molar-refractivity contribution in [2.24, 2.45) is 0 Å². The molecule has 0 saturated carbocycles. The monoisotopic (exact) mass is 795 g/mol. The highest BCUT2D eigenvalue weighted by Crippen LogP contribution is 2.55. The molecule has 61 heavy (non-hydrogen) atoms. The minimum Gasteiger partial charge on any atom is -0.456 e. The molecule has 2 heterocycles. The summed E-state index contributed by atoms with van der Waals surface area (Å²) in [6, 6.07) is 81.0. The molecule has 0 amide bonds. The molecule has 3 heteroatoms. The van der Waals surface area contributed by atoms with Crippen molar-refractivity contribution >= 4 is 59.3 Å². The van der Waals surface area contributed by atoms with Crippen LogP contribution in [0.1, 0.15) is 0 Å². The Morgan fingerprint density at radius 3 is 1.67 bits per heavy atom. The molecule has 2 nitrogen and oxygen atoms in total. The molecule has 0 radical (unpaired) electrons. The zero-order chi connectivity index (χ0) is 40.3. The summed E-state index contributed by atoms with van der Waals surface area (Å²) in [6.07, 6.45) is 0. The van der Waals surface area contributed by atoms with Gasteiger partial charge >= 0.3 is 0 Å². The number of nitrogens with zero attached hydrogens (tertiary/aromatic N) is 1. The molecule has 10 aromatic carbocycles. The summed E-state index contributed by atoms with van der Waals surface area (Å²) in [4.78, 5) is 2.40. The van der Waals surface area contributed by atoms with E-state index in [9.17, 15) is 0 Å². The van der Waals surface area contributed by atoms with Crippen LogP contribution in [0.15, 0.2) is 224 Å². The molecule has 0 N–H and O–H groups in total. The topological polar surface area (TPSA) is 12.5 Å². The summed E-state index contributed by atoms with van der Waals surface area (Å²) in [7, 11) is 0. The van der Waals surface area contributed by atoms with E-state index in [2.05, 4.69) is 229 Å². The number of fused-ring (bicyclic) bond motifs is 9. The summed E-state index contributed by atoms with van der Waals surface area (Å²) >= 11 is 1.87. The predicted molar refractivity (Wildman–Crippen MR) is 259 cm³/mol. The Bertz CT molecular complexity index is 3420. The highest BCUT2D eigenvalue weighted by Gasteiger charge is 2.29. The van der Waals surface area contributed by atoms with E-state index in [0.717, 1.165) is 61.8 Å². The molecule has 0 bridgehead atoms. The van der Waals surface area contributed by atoms with Crippen molar-refractivity contribution in [3.8, 4) is 67.1 Å². The standard InChI is InChI=1S/C58H37NOS/c1-3-14-38(15-4-1)39-28-32-44(33-29-39)59(45-34-30-41(31-35-45)47-22-12-23-49-48-20-9-10-27-55(48)61-58(47)49)52-25-13-26-53-57(52)50-24-11-21-46(40-16-5-2-6-17-40)56(50)51-36-42-18-7-8-19-43(42)37-54(51)60-53/h1-37H. The van der Waals surface area contributed by atoms with Crippen LogP contribution >= 0.6 is 11.3 Å². The van der Waals surface area contributed by atoms with Gasteiger partial charge in [0.2, 0.25) is 0 Å². The van der Waals surface area contributed by atoms with Crippen LogP contribution in [0, 0.1) is 0 Å². The average Bonchev–Trinajstić information content (AvgIpc) is 3.65. The molecule has 0 unspecified atom stereocenters. The van der Waals surface area contributed by atoms with Crippen molar-refractivity contribution in [1.82, 2.24) is 0 Å². The minimum atomic E-state index is 0.817. The zero-order valence-electron chi connectivity index (χ0n) is 33.1. The normalized spacial score (nSPS) is 11.7. The van der Waals surface area contributed by atoms with Gasteiger partial charge in [-0.2, -0.15) is 0 Å². The fourth-order valence-electron chi connectivity index (χ4n) is 9.21. The SMILES string of the molecule is c1ccc(-c2ccc(N(c3ccc(-c4cccc5c4sc4ccccc45)cc3)c3cccc4c3-c3cccc(-c5ccccc5)c3-c3cc5ccccc5cc3O4)cc2)cc1. The Balaban J connectivity index is 1.08. The Labute approximate surface area is 358 Å². The van der Waals surface area contributed by atoms with Gasteiger partial charge in [-0.25, -0.2) is 0 Å². The van der Waals surface area contributed by atoms with Gasteiger partial charge in [-0.05, 0) is 104 Å². The van der Waals surface area contributed by atoms with Crippen LogP contribution in [0.4, 0.5) is 17.1 Å². The summed E-state index contributed by atoms with van der Waals surface area (Å²) in [6.45, 7) is 0. The second-order valence-corrected chi connectivity index (χ2v) is 16.7. The van der Waals surface area contributed by atoms with E-state index in [-0.39, 0.29) is 0 Å². The molecule has 1 aliphatic heterocycles. The third kappa shape index (κ3) is 6.01. The van der Waals surface area contributed by atoms with E-state index < -0.39 is 0 Å². The third-order valence-corrected chi connectivity index (χ3v) is 13.3. The van der Waals surface area contributed by atoms with Crippen LogP contribution in [0.25, 0.3) is 86.6 Å². The van der Waals surface area contributed by atoms with Crippen LogP contribution in [0.3, 0.4) is 0 Å². The number of rotatable bonds is 6. The summed E-state index contributed by atoms with van der Waals surface area (Å²) in [5, 5.41) is 4.93. The van der Waals surface area contributed by atoms with Crippen molar-refractivity contribution in [3.05, 3.63) is 224 Å². The van der Waals surface area contributed by atoms with Crippen molar-refractivity contribution < 1.29 is 4.74 Å². The molecule has 0 atom stereocenters. The maximum Gasteiger partial charge on any atom is 0.137 e. The lowest BCUT2D eigenvalue weighted by Crippen LogP contribution is -2.11. The van der Waals surface area contributed by atoms with Crippen molar-refractivity contribution in [2.45, 2.75) is 0 Å². The van der Waals surface area contributed by atoms with Gasteiger partial charge in [0, 0.05) is 48.2 Å². The van der Waals surface area contributed by atoms with Crippen LogP contribution < -0.4 is 9.64 Å². The molecule has 286 valence electrons. The van der Waals surface area contributed by atoms with Crippen LogP contribution in [-0.4, -0.2) is 0 Å². The first-order valence-corrected chi connectivity index (χ1v) is 21.6. The van der Waals surface area contributed by atoms with Crippen molar-refractivity contribution in [2.75, 3.05) is 4.90 Å². The second kappa shape index (κ2) is 14.5. The first-order chi connectivity index (χ1) is 30.2. The lowest BCUT2D eigenvalue weighted by Gasteiger charge is -2.29. The molecule has 0 fully saturated rings. The summed E-state index contributed by atoms with van der Waals surface area (Å²) in [5.41, 5.74) is 14.7. The highest BCUT2D eigenvalue weighted by atomic mass is 32.1. The number of hydrogen-bond acceptors (Lipinski definition) is 3. The smallest absolute Gasteiger partial charge is 0.137 e. The van der Waals surface area contributed by atoms with Crippen molar-refractivity contribution in [3.63, 3.8) is 0 Å². The first kappa shape index (κ1) is 35.2. The Morgan fingerprint density at radius 2 is 0.902 bits per heavy atom. The Kier molecular flexibility index (Phi) is 8.39. The largest absolute Gasteiger partial charge is 0.456 e. The van der Waals surface area contributed by atoms with Gasteiger partial charge in [-0.1, -0.05) is 170 Å². The van der Waals surface area contributed by atoms with E-state index in [0.29, 0.717) is 0 Å². The van der Waals surface area contributed by atoms with Crippen LogP contribution in [0.2, 0.25) is 0 Å². The maximum atomic E-state index is 7.14.